The van der Waals surface area contributed by atoms with Crippen LogP contribution in [0.15, 0.2) is 48.1 Å². The van der Waals surface area contributed by atoms with Crippen molar-refractivity contribution in [3.05, 3.63) is 59.2 Å². The average molecular weight is 358 g/mol. The van der Waals surface area contributed by atoms with E-state index in [1.807, 2.05) is 56.3 Å². The molecule has 1 aliphatic carbocycles. The second kappa shape index (κ2) is 9.31. The van der Waals surface area contributed by atoms with Crippen molar-refractivity contribution in [2.45, 2.75) is 45.3 Å². The number of carbonyl (C=O) groups is 2. The van der Waals surface area contributed by atoms with Gasteiger partial charge in [-0.3, -0.25) is 14.8 Å². The number of hydroxylamine groups is 1. The van der Waals surface area contributed by atoms with Gasteiger partial charge in [-0.2, -0.15) is 0 Å². The van der Waals surface area contributed by atoms with Crippen LogP contribution in [0.3, 0.4) is 0 Å². The quantitative estimate of drug-likeness (QED) is 0.341. The number of amides is 2. The molecule has 4 N–H and O–H groups in total. The Hall–Kier alpha value is -2.44. The molecule has 26 heavy (non-hydrogen) atoms. The number of benzene rings is 1. The first-order valence-corrected chi connectivity index (χ1v) is 8.73. The minimum Gasteiger partial charge on any atom is -0.390 e. The Morgan fingerprint density at radius 1 is 1.31 bits per heavy atom. The Morgan fingerprint density at radius 2 is 2.04 bits per heavy atom. The SMILES string of the molecule is C/C=C\C=C(/C)C[C@H](CC(=O)NO)C(=O)N[C@H]1c2ccccc2C[C@H]1O. The number of allylic oxidation sites excluding steroid dienone is 4. The smallest absolute Gasteiger partial charge is 0.244 e. The third-order valence-corrected chi connectivity index (χ3v) is 4.57. The standard InChI is InChI=1S/C20H26N2O4/c1-3-4-7-13(2)10-15(12-18(24)22-26)20(25)21-19-16-9-6-5-8-14(16)11-17(19)23/h3-9,15,17,19,23,26H,10-12H2,1-2H3,(H,21,25)(H,22,24)/b4-3-,13-7+/t15-,17-,19+/m1/s1. The molecule has 1 aromatic carbocycles. The molecule has 2 rings (SSSR count). The Balaban J connectivity index is 2.14. The summed E-state index contributed by atoms with van der Waals surface area (Å²) >= 11 is 0. The number of hydrogen-bond donors (Lipinski definition) is 4. The fourth-order valence-electron chi connectivity index (χ4n) is 3.26. The van der Waals surface area contributed by atoms with Gasteiger partial charge in [0.1, 0.15) is 0 Å². The largest absolute Gasteiger partial charge is 0.390 e. The van der Waals surface area contributed by atoms with Gasteiger partial charge in [0.25, 0.3) is 0 Å². The summed E-state index contributed by atoms with van der Waals surface area (Å²) in [7, 11) is 0. The maximum absolute atomic E-state index is 12.8. The van der Waals surface area contributed by atoms with Crippen molar-refractivity contribution in [2.24, 2.45) is 5.92 Å². The summed E-state index contributed by atoms with van der Waals surface area (Å²) in [5.74, 6) is -1.57. The van der Waals surface area contributed by atoms with E-state index < -0.39 is 24.0 Å². The number of aliphatic hydroxyl groups is 1. The van der Waals surface area contributed by atoms with Gasteiger partial charge in [-0.05, 0) is 31.4 Å². The molecule has 6 heteroatoms. The lowest BCUT2D eigenvalue weighted by atomic mass is 9.94. The van der Waals surface area contributed by atoms with Crippen LogP contribution in [0.5, 0.6) is 0 Å². The Labute approximate surface area is 153 Å². The lowest BCUT2D eigenvalue weighted by Crippen LogP contribution is -2.39. The topological polar surface area (TPSA) is 98.7 Å². The summed E-state index contributed by atoms with van der Waals surface area (Å²) in [5, 5.41) is 22.0. The summed E-state index contributed by atoms with van der Waals surface area (Å²) < 4.78 is 0. The van der Waals surface area contributed by atoms with Crippen LogP contribution in [0, 0.1) is 5.92 Å². The highest BCUT2D eigenvalue weighted by molar-refractivity contribution is 5.86. The van der Waals surface area contributed by atoms with Crippen molar-refractivity contribution in [2.75, 3.05) is 0 Å². The van der Waals surface area contributed by atoms with Crippen molar-refractivity contribution in [3.63, 3.8) is 0 Å². The summed E-state index contributed by atoms with van der Waals surface area (Å²) in [6.45, 7) is 3.78. The van der Waals surface area contributed by atoms with Gasteiger partial charge in [0.05, 0.1) is 18.1 Å². The van der Waals surface area contributed by atoms with Gasteiger partial charge < -0.3 is 10.4 Å². The van der Waals surface area contributed by atoms with Gasteiger partial charge in [0.2, 0.25) is 11.8 Å². The van der Waals surface area contributed by atoms with Crippen molar-refractivity contribution in [1.82, 2.24) is 10.8 Å². The molecule has 0 bridgehead atoms. The number of carbonyl (C=O) groups excluding carboxylic acids is 2. The lowest BCUT2D eigenvalue weighted by Gasteiger charge is -2.22. The van der Waals surface area contributed by atoms with E-state index >= 15 is 0 Å². The molecular formula is C20H26N2O4. The first-order valence-electron chi connectivity index (χ1n) is 8.73. The van der Waals surface area contributed by atoms with Crippen LogP contribution >= 0.6 is 0 Å². The van der Waals surface area contributed by atoms with Gasteiger partial charge >= 0.3 is 0 Å². The molecule has 0 radical (unpaired) electrons. The molecule has 0 aliphatic heterocycles. The van der Waals surface area contributed by atoms with Crippen LogP contribution in [-0.2, 0) is 16.0 Å². The Kier molecular flexibility index (Phi) is 7.12. The lowest BCUT2D eigenvalue weighted by molar-refractivity contribution is -0.135. The molecule has 140 valence electrons. The summed E-state index contributed by atoms with van der Waals surface area (Å²) in [6.07, 6.45) is 5.68. The highest BCUT2D eigenvalue weighted by Crippen LogP contribution is 2.32. The average Bonchev–Trinajstić information content (AvgIpc) is 2.94. The predicted molar refractivity (Wildman–Crippen MR) is 98.3 cm³/mol. The fourth-order valence-corrected chi connectivity index (χ4v) is 3.26. The number of aliphatic hydroxyl groups excluding tert-OH is 1. The van der Waals surface area contributed by atoms with Crippen LogP contribution in [0.25, 0.3) is 0 Å². The first-order chi connectivity index (χ1) is 12.5. The predicted octanol–water partition coefficient (Wildman–Crippen LogP) is 2.19. The van der Waals surface area contributed by atoms with E-state index in [1.54, 1.807) is 5.48 Å². The monoisotopic (exact) mass is 358 g/mol. The van der Waals surface area contributed by atoms with Gasteiger partial charge in [0.15, 0.2) is 0 Å². The summed E-state index contributed by atoms with van der Waals surface area (Å²) in [4.78, 5) is 24.4. The van der Waals surface area contributed by atoms with Crippen LogP contribution < -0.4 is 10.8 Å². The van der Waals surface area contributed by atoms with E-state index in [4.69, 9.17) is 5.21 Å². The molecule has 6 nitrogen and oxygen atoms in total. The highest BCUT2D eigenvalue weighted by atomic mass is 16.5. The molecule has 0 spiro atoms. The van der Waals surface area contributed by atoms with E-state index in [1.165, 1.54) is 0 Å². The van der Waals surface area contributed by atoms with Crippen molar-refractivity contribution >= 4 is 11.8 Å². The number of nitrogens with one attached hydrogen (secondary N) is 2. The van der Waals surface area contributed by atoms with E-state index in [0.29, 0.717) is 12.8 Å². The Bertz CT molecular complexity index is 712. The normalized spacial score (nSPS) is 20.7. The van der Waals surface area contributed by atoms with Gasteiger partial charge in [-0.25, -0.2) is 5.48 Å². The molecule has 0 heterocycles. The maximum Gasteiger partial charge on any atom is 0.244 e. The molecule has 0 unspecified atom stereocenters. The maximum atomic E-state index is 12.8. The molecule has 2 amide bonds. The summed E-state index contributed by atoms with van der Waals surface area (Å²) in [6, 6.07) is 7.11. The van der Waals surface area contributed by atoms with Crippen LogP contribution in [0.1, 0.15) is 43.9 Å². The second-order valence-corrected chi connectivity index (χ2v) is 6.64. The zero-order valence-corrected chi connectivity index (χ0v) is 15.1. The Morgan fingerprint density at radius 3 is 2.73 bits per heavy atom. The highest BCUT2D eigenvalue weighted by Gasteiger charge is 2.34. The zero-order chi connectivity index (χ0) is 19.1. The third-order valence-electron chi connectivity index (χ3n) is 4.57. The van der Waals surface area contributed by atoms with Gasteiger partial charge in [-0.15, -0.1) is 0 Å². The molecular weight excluding hydrogens is 332 g/mol. The first kappa shape index (κ1) is 19.9. The van der Waals surface area contributed by atoms with Crippen molar-refractivity contribution < 1.29 is 19.9 Å². The van der Waals surface area contributed by atoms with E-state index in [0.717, 1.165) is 16.7 Å². The second-order valence-electron chi connectivity index (χ2n) is 6.64. The molecule has 0 saturated carbocycles. The molecule has 0 aromatic heterocycles. The van der Waals surface area contributed by atoms with E-state index in [-0.39, 0.29) is 12.3 Å². The molecule has 1 aliphatic rings. The minimum absolute atomic E-state index is 0.131. The molecule has 3 atom stereocenters. The van der Waals surface area contributed by atoms with Crippen LogP contribution in [0.2, 0.25) is 0 Å². The molecule has 0 fully saturated rings. The number of fused-ring (bicyclic) bond motifs is 1. The fraction of sp³-hybridized carbons (Fsp3) is 0.400. The van der Waals surface area contributed by atoms with Crippen LogP contribution in [0.4, 0.5) is 0 Å². The third kappa shape index (κ3) is 5.03. The zero-order valence-electron chi connectivity index (χ0n) is 15.1. The van der Waals surface area contributed by atoms with Crippen molar-refractivity contribution in [1.29, 1.82) is 0 Å². The van der Waals surface area contributed by atoms with Gasteiger partial charge in [0, 0.05) is 12.8 Å². The van der Waals surface area contributed by atoms with E-state index in [9.17, 15) is 14.7 Å². The molecule has 1 aromatic rings. The van der Waals surface area contributed by atoms with E-state index in [2.05, 4.69) is 5.32 Å². The minimum atomic E-state index is -0.691. The van der Waals surface area contributed by atoms with Crippen LogP contribution in [-0.4, -0.2) is 28.2 Å². The molecule has 0 saturated heterocycles. The number of hydrogen-bond acceptors (Lipinski definition) is 4. The van der Waals surface area contributed by atoms with Gasteiger partial charge in [-0.1, -0.05) is 48.1 Å². The van der Waals surface area contributed by atoms with Crippen molar-refractivity contribution in [3.8, 4) is 0 Å². The number of rotatable bonds is 7. The summed E-state index contributed by atoms with van der Waals surface area (Å²) in [5.41, 5.74) is 4.44.